The molecule has 0 spiro atoms. The average molecular weight is 463 g/mol. The molecule has 1 fully saturated rings. The first-order chi connectivity index (χ1) is 16.0. The third-order valence-corrected chi connectivity index (χ3v) is 6.70. The number of ether oxygens (including phenoxy) is 1. The molecule has 2 aromatic heterocycles. The largest absolute Gasteiger partial charge is 0.439 e. The average Bonchev–Trinajstić information content (AvgIpc) is 3.22. The molecule has 0 saturated carbocycles. The number of piperidine rings is 1. The fourth-order valence-corrected chi connectivity index (χ4v) is 4.44. The number of halogens is 1. The highest BCUT2D eigenvalue weighted by molar-refractivity contribution is 6.32. The number of nitrogens with zero attached hydrogens (tertiary/aromatic N) is 4. The van der Waals surface area contributed by atoms with Crippen molar-refractivity contribution in [3.8, 4) is 11.6 Å². The SMILES string of the molecule is Cc1cc(Oc2ccnc(NC3CCN(Cc4[nH]nc5ccccc45)CC3)n2)cc(C)c1Cl. The lowest BCUT2D eigenvalue weighted by Crippen LogP contribution is -2.39. The predicted octanol–water partition coefficient (Wildman–Crippen LogP) is 5.49. The van der Waals surface area contributed by atoms with E-state index in [1.165, 1.54) is 11.1 Å². The Bertz CT molecular complexity index is 1240. The minimum atomic E-state index is 0.329. The summed E-state index contributed by atoms with van der Waals surface area (Å²) in [6, 6.07) is 14.2. The number of aromatic amines is 1. The summed E-state index contributed by atoms with van der Waals surface area (Å²) in [6.45, 7) is 6.83. The second-order valence-electron chi connectivity index (χ2n) is 8.61. The van der Waals surface area contributed by atoms with Gasteiger partial charge < -0.3 is 10.1 Å². The van der Waals surface area contributed by atoms with E-state index >= 15 is 0 Å². The second-order valence-corrected chi connectivity index (χ2v) is 8.98. The van der Waals surface area contributed by atoms with Crippen LogP contribution in [0.15, 0.2) is 48.7 Å². The summed E-state index contributed by atoms with van der Waals surface area (Å²) < 4.78 is 5.97. The first kappa shape index (κ1) is 21.7. The van der Waals surface area contributed by atoms with Crippen LogP contribution in [0.2, 0.25) is 5.02 Å². The molecule has 8 heteroatoms. The molecule has 2 N–H and O–H groups in total. The standard InChI is InChI=1S/C25H27ClN6O/c1-16-13-19(14-17(2)24(16)26)33-23-7-10-27-25(29-23)28-18-8-11-32(12-9-18)15-22-20-5-3-4-6-21(20)30-31-22/h3-7,10,13-14,18H,8-9,11-12,15H2,1-2H3,(H,30,31)(H,27,28,29). The van der Waals surface area contributed by atoms with Gasteiger partial charge in [-0.05, 0) is 56.0 Å². The van der Waals surface area contributed by atoms with Gasteiger partial charge in [0.15, 0.2) is 0 Å². The topological polar surface area (TPSA) is 79.0 Å². The van der Waals surface area contributed by atoms with Crippen LogP contribution in [0, 0.1) is 13.8 Å². The molecule has 2 aromatic carbocycles. The van der Waals surface area contributed by atoms with Crippen LogP contribution in [0.5, 0.6) is 11.6 Å². The zero-order chi connectivity index (χ0) is 22.8. The van der Waals surface area contributed by atoms with Gasteiger partial charge in [0.05, 0.1) is 11.2 Å². The molecule has 0 aliphatic carbocycles. The van der Waals surface area contributed by atoms with Crippen LogP contribution in [0.4, 0.5) is 5.95 Å². The maximum atomic E-state index is 6.26. The molecule has 170 valence electrons. The zero-order valence-electron chi connectivity index (χ0n) is 18.8. The van der Waals surface area contributed by atoms with E-state index in [0.717, 1.165) is 59.9 Å². The number of likely N-dealkylation sites (tertiary alicyclic amines) is 1. The van der Waals surface area contributed by atoms with Crippen molar-refractivity contribution in [2.45, 2.75) is 39.3 Å². The number of para-hydroxylation sites is 1. The Hall–Kier alpha value is -3.16. The Morgan fingerprint density at radius 3 is 2.67 bits per heavy atom. The number of fused-ring (bicyclic) bond motifs is 1. The molecule has 0 bridgehead atoms. The highest BCUT2D eigenvalue weighted by Crippen LogP contribution is 2.29. The van der Waals surface area contributed by atoms with E-state index < -0.39 is 0 Å². The Morgan fingerprint density at radius 1 is 1.12 bits per heavy atom. The highest BCUT2D eigenvalue weighted by atomic mass is 35.5. The number of H-pyrrole nitrogens is 1. The fraction of sp³-hybridized carbons (Fsp3) is 0.320. The van der Waals surface area contributed by atoms with Crippen LogP contribution >= 0.6 is 11.6 Å². The molecule has 33 heavy (non-hydrogen) atoms. The van der Waals surface area contributed by atoms with Crippen LogP contribution in [0.1, 0.15) is 29.7 Å². The van der Waals surface area contributed by atoms with Crippen molar-refractivity contribution in [3.63, 3.8) is 0 Å². The summed E-state index contributed by atoms with van der Waals surface area (Å²) in [7, 11) is 0. The van der Waals surface area contributed by atoms with E-state index in [2.05, 4.69) is 42.5 Å². The third-order valence-electron chi connectivity index (χ3n) is 6.11. The number of hydrogen-bond acceptors (Lipinski definition) is 6. The molecule has 0 radical (unpaired) electrons. The van der Waals surface area contributed by atoms with Crippen molar-refractivity contribution < 1.29 is 4.74 Å². The van der Waals surface area contributed by atoms with Crippen LogP contribution in [0.3, 0.4) is 0 Å². The van der Waals surface area contributed by atoms with Crippen LogP contribution in [0.25, 0.3) is 10.9 Å². The van der Waals surface area contributed by atoms with E-state index in [0.29, 0.717) is 17.9 Å². The highest BCUT2D eigenvalue weighted by Gasteiger charge is 2.21. The van der Waals surface area contributed by atoms with E-state index in [1.54, 1.807) is 12.3 Å². The summed E-state index contributed by atoms with van der Waals surface area (Å²) in [5.41, 5.74) is 4.16. The van der Waals surface area contributed by atoms with Gasteiger partial charge in [-0.25, -0.2) is 4.98 Å². The molecule has 3 heterocycles. The Labute approximate surface area is 198 Å². The van der Waals surface area contributed by atoms with Crippen molar-refractivity contribution in [2.24, 2.45) is 0 Å². The van der Waals surface area contributed by atoms with E-state index in [-0.39, 0.29) is 0 Å². The summed E-state index contributed by atoms with van der Waals surface area (Å²) in [4.78, 5) is 11.4. The monoisotopic (exact) mass is 462 g/mol. The Kier molecular flexibility index (Phi) is 6.15. The predicted molar refractivity (Wildman–Crippen MR) is 131 cm³/mol. The summed E-state index contributed by atoms with van der Waals surface area (Å²) in [5, 5.41) is 13.1. The minimum Gasteiger partial charge on any atom is -0.439 e. The zero-order valence-corrected chi connectivity index (χ0v) is 19.6. The molecular weight excluding hydrogens is 436 g/mol. The second kappa shape index (κ2) is 9.37. The third kappa shape index (κ3) is 4.94. The quantitative estimate of drug-likeness (QED) is 0.394. The number of aryl methyl sites for hydroxylation is 2. The van der Waals surface area contributed by atoms with Gasteiger partial charge in [0.25, 0.3) is 0 Å². The number of nitrogens with one attached hydrogen (secondary N) is 2. The number of anilines is 1. The number of rotatable bonds is 6. The lowest BCUT2D eigenvalue weighted by molar-refractivity contribution is 0.209. The van der Waals surface area contributed by atoms with Crippen molar-refractivity contribution >= 4 is 28.5 Å². The molecule has 7 nitrogen and oxygen atoms in total. The molecule has 1 saturated heterocycles. The normalized spacial score (nSPS) is 15.1. The molecular formula is C25H27ClN6O. The van der Waals surface area contributed by atoms with Gasteiger partial charge in [0, 0.05) is 48.3 Å². The maximum Gasteiger partial charge on any atom is 0.226 e. The minimum absolute atomic E-state index is 0.329. The molecule has 1 aliphatic rings. The number of aromatic nitrogens is 4. The van der Waals surface area contributed by atoms with Gasteiger partial charge in [-0.15, -0.1) is 0 Å². The smallest absolute Gasteiger partial charge is 0.226 e. The first-order valence-electron chi connectivity index (χ1n) is 11.2. The summed E-state index contributed by atoms with van der Waals surface area (Å²) in [6.07, 6.45) is 3.77. The van der Waals surface area contributed by atoms with E-state index in [1.807, 2.05) is 38.1 Å². The van der Waals surface area contributed by atoms with E-state index in [9.17, 15) is 0 Å². The summed E-state index contributed by atoms with van der Waals surface area (Å²) in [5.74, 6) is 1.82. The molecule has 5 rings (SSSR count). The lowest BCUT2D eigenvalue weighted by atomic mass is 10.0. The maximum absolute atomic E-state index is 6.26. The Balaban J connectivity index is 1.17. The fourth-order valence-electron chi connectivity index (χ4n) is 4.33. The van der Waals surface area contributed by atoms with Crippen LogP contribution in [-0.2, 0) is 6.54 Å². The van der Waals surface area contributed by atoms with Gasteiger partial charge in [0.2, 0.25) is 11.8 Å². The van der Waals surface area contributed by atoms with Crippen LogP contribution in [-0.4, -0.2) is 44.2 Å². The number of benzene rings is 2. The Morgan fingerprint density at radius 2 is 1.88 bits per heavy atom. The van der Waals surface area contributed by atoms with E-state index in [4.69, 9.17) is 16.3 Å². The summed E-state index contributed by atoms with van der Waals surface area (Å²) >= 11 is 6.26. The van der Waals surface area contributed by atoms with Crippen molar-refractivity contribution in [1.29, 1.82) is 0 Å². The van der Waals surface area contributed by atoms with Gasteiger partial charge in [-0.1, -0.05) is 29.8 Å². The van der Waals surface area contributed by atoms with Gasteiger partial charge >= 0.3 is 0 Å². The molecule has 0 atom stereocenters. The van der Waals surface area contributed by atoms with Crippen molar-refractivity contribution in [2.75, 3.05) is 18.4 Å². The van der Waals surface area contributed by atoms with Gasteiger partial charge in [0.1, 0.15) is 5.75 Å². The van der Waals surface area contributed by atoms with Crippen LogP contribution < -0.4 is 10.1 Å². The molecule has 1 aliphatic heterocycles. The number of hydrogen-bond donors (Lipinski definition) is 2. The first-order valence-corrected chi connectivity index (χ1v) is 11.6. The van der Waals surface area contributed by atoms with Gasteiger partial charge in [-0.3, -0.25) is 10.00 Å². The molecule has 0 unspecified atom stereocenters. The van der Waals surface area contributed by atoms with Crippen molar-refractivity contribution in [3.05, 3.63) is 70.5 Å². The van der Waals surface area contributed by atoms with Crippen molar-refractivity contribution in [1.82, 2.24) is 25.1 Å². The van der Waals surface area contributed by atoms with Gasteiger partial charge in [-0.2, -0.15) is 10.1 Å². The molecule has 0 amide bonds. The lowest BCUT2D eigenvalue weighted by Gasteiger charge is -2.32. The molecule has 4 aromatic rings.